The number of rotatable bonds is 10. The van der Waals surface area contributed by atoms with Crippen molar-refractivity contribution in [2.24, 2.45) is 0 Å². The molecule has 1 aromatic carbocycles. The summed E-state index contributed by atoms with van der Waals surface area (Å²) in [4.78, 5) is 27.8. The third kappa shape index (κ3) is 4.91. The molecule has 2 amide bonds. The van der Waals surface area contributed by atoms with Gasteiger partial charge in [0, 0.05) is 11.8 Å². The summed E-state index contributed by atoms with van der Waals surface area (Å²) < 4.78 is 5.62. The van der Waals surface area contributed by atoms with Crippen LogP contribution in [0.15, 0.2) is 29.2 Å². The van der Waals surface area contributed by atoms with Crippen LogP contribution in [0.25, 0.3) is 5.57 Å². The van der Waals surface area contributed by atoms with Crippen molar-refractivity contribution < 1.29 is 14.3 Å². The van der Waals surface area contributed by atoms with Crippen molar-refractivity contribution in [1.29, 1.82) is 0 Å². The molecule has 0 aliphatic carbocycles. The highest BCUT2D eigenvalue weighted by atomic mass is 32.2. The number of carbonyl (C=O) groups excluding carboxylic acids is 2. The molecular weight excluding hydrogens is 346 g/mol. The first-order valence-electron chi connectivity index (χ1n) is 9.49. The lowest BCUT2D eigenvalue weighted by atomic mass is 10.1. The van der Waals surface area contributed by atoms with E-state index in [2.05, 4.69) is 13.8 Å². The monoisotopic (exact) mass is 375 g/mol. The second-order valence-electron chi connectivity index (χ2n) is 6.71. The number of amides is 2. The molecule has 0 saturated carbocycles. The predicted molar refractivity (Wildman–Crippen MR) is 108 cm³/mol. The van der Waals surface area contributed by atoms with Crippen molar-refractivity contribution in [3.05, 3.63) is 34.7 Å². The van der Waals surface area contributed by atoms with Gasteiger partial charge in [0.05, 0.1) is 17.1 Å². The van der Waals surface area contributed by atoms with E-state index in [0.29, 0.717) is 23.6 Å². The van der Waals surface area contributed by atoms with Gasteiger partial charge in [0.15, 0.2) is 0 Å². The highest BCUT2D eigenvalue weighted by molar-refractivity contribution is 8.04. The Labute approximate surface area is 161 Å². The third-order valence-corrected chi connectivity index (χ3v) is 5.17. The lowest BCUT2D eigenvalue weighted by Gasteiger charge is -2.15. The van der Waals surface area contributed by atoms with E-state index in [4.69, 9.17) is 4.74 Å². The Morgan fingerprint density at radius 1 is 1.00 bits per heavy atom. The molecule has 0 spiro atoms. The van der Waals surface area contributed by atoms with Gasteiger partial charge >= 0.3 is 0 Å². The van der Waals surface area contributed by atoms with Crippen LogP contribution in [0.4, 0.5) is 0 Å². The lowest BCUT2D eigenvalue weighted by Crippen LogP contribution is -2.32. The highest BCUT2D eigenvalue weighted by Crippen LogP contribution is 2.38. The van der Waals surface area contributed by atoms with E-state index < -0.39 is 0 Å². The van der Waals surface area contributed by atoms with Gasteiger partial charge in [-0.1, -0.05) is 52.7 Å². The normalized spacial score (nSPS) is 14.7. The maximum atomic E-state index is 13.0. The Morgan fingerprint density at radius 2 is 1.69 bits per heavy atom. The average Bonchev–Trinajstić information content (AvgIpc) is 2.84. The van der Waals surface area contributed by atoms with Crippen molar-refractivity contribution >= 4 is 29.1 Å². The summed E-state index contributed by atoms with van der Waals surface area (Å²) in [5.74, 6) is 0.466. The Morgan fingerprint density at radius 3 is 2.27 bits per heavy atom. The summed E-state index contributed by atoms with van der Waals surface area (Å²) in [7, 11) is 0. The van der Waals surface area contributed by atoms with Crippen molar-refractivity contribution in [2.75, 3.05) is 13.2 Å². The van der Waals surface area contributed by atoms with Crippen molar-refractivity contribution in [3.8, 4) is 5.75 Å². The molecule has 142 valence electrons. The maximum absolute atomic E-state index is 13.0. The summed E-state index contributed by atoms with van der Waals surface area (Å²) in [6.45, 7) is 9.40. The van der Waals surface area contributed by atoms with E-state index in [1.54, 1.807) is 0 Å². The first kappa shape index (κ1) is 20.6. The van der Waals surface area contributed by atoms with Crippen molar-refractivity contribution in [3.63, 3.8) is 0 Å². The first-order chi connectivity index (χ1) is 12.5. The molecule has 0 atom stereocenters. The molecule has 2 rings (SSSR count). The molecule has 0 saturated heterocycles. The minimum Gasteiger partial charge on any atom is -0.494 e. The molecule has 1 aliphatic heterocycles. The van der Waals surface area contributed by atoms with Gasteiger partial charge in [0.2, 0.25) is 0 Å². The van der Waals surface area contributed by atoms with Crippen LogP contribution in [0.2, 0.25) is 0 Å². The Bertz CT molecular complexity index is 664. The molecule has 1 heterocycles. The fraction of sp³-hybridized carbons (Fsp3) is 0.524. The highest BCUT2D eigenvalue weighted by Gasteiger charge is 2.39. The van der Waals surface area contributed by atoms with Crippen LogP contribution in [0.1, 0.15) is 58.9 Å². The van der Waals surface area contributed by atoms with E-state index in [0.717, 1.165) is 37.0 Å². The minimum atomic E-state index is -0.170. The minimum absolute atomic E-state index is 0.147. The third-order valence-electron chi connectivity index (χ3n) is 4.08. The van der Waals surface area contributed by atoms with Gasteiger partial charge < -0.3 is 4.74 Å². The van der Waals surface area contributed by atoms with Crippen LogP contribution in [-0.4, -0.2) is 35.1 Å². The SMILES string of the molecule is CCCCCN1C(=O)C(SC(C)C)=C(c2ccc(OCCC)cc2)C1=O. The molecule has 1 aromatic rings. The standard InChI is InChI=1S/C21H29NO3S/c1-5-7-8-13-22-20(23)18(19(21(22)24)26-15(3)4)16-9-11-17(12-10-16)25-14-6-2/h9-12,15H,5-8,13-14H2,1-4H3. The second-order valence-corrected chi connectivity index (χ2v) is 8.30. The smallest absolute Gasteiger partial charge is 0.267 e. The molecule has 0 aromatic heterocycles. The van der Waals surface area contributed by atoms with Crippen molar-refractivity contribution in [1.82, 2.24) is 4.90 Å². The van der Waals surface area contributed by atoms with Gasteiger partial charge in [-0.3, -0.25) is 14.5 Å². The van der Waals surface area contributed by atoms with Crippen LogP contribution in [0, 0.1) is 0 Å². The zero-order chi connectivity index (χ0) is 19.1. The molecule has 4 nitrogen and oxygen atoms in total. The topological polar surface area (TPSA) is 46.6 Å². The fourth-order valence-corrected chi connectivity index (χ4v) is 3.82. The van der Waals surface area contributed by atoms with Gasteiger partial charge in [0.1, 0.15) is 5.75 Å². The van der Waals surface area contributed by atoms with Crippen molar-refractivity contribution in [2.45, 2.75) is 58.6 Å². The molecule has 0 fully saturated rings. The maximum Gasteiger partial charge on any atom is 0.267 e. The predicted octanol–water partition coefficient (Wildman–Crippen LogP) is 4.89. The Balaban J connectivity index is 2.29. The number of ether oxygens (including phenoxy) is 1. The van der Waals surface area contributed by atoms with Crippen LogP contribution < -0.4 is 4.74 Å². The van der Waals surface area contributed by atoms with E-state index in [1.165, 1.54) is 16.7 Å². The quantitative estimate of drug-likeness (QED) is 0.432. The molecule has 0 radical (unpaired) electrons. The Hall–Kier alpha value is -1.75. The summed E-state index contributed by atoms with van der Waals surface area (Å²) in [6.07, 6.45) is 3.87. The average molecular weight is 376 g/mol. The molecule has 1 aliphatic rings. The number of carbonyl (C=O) groups is 2. The molecule has 0 bridgehead atoms. The lowest BCUT2D eigenvalue weighted by molar-refractivity contribution is -0.136. The summed E-state index contributed by atoms with van der Waals surface area (Å²) in [5.41, 5.74) is 1.32. The van der Waals surface area contributed by atoms with Gasteiger partial charge in [-0.25, -0.2) is 0 Å². The molecule has 0 N–H and O–H groups in total. The Kier molecular flexibility index (Phi) is 7.76. The van der Waals surface area contributed by atoms with Gasteiger partial charge in [0.25, 0.3) is 11.8 Å². The number of imide groups is 1. The van der Waals surface area contributed by atoms with E-state index in [1.807, 2.05) is 38.1 Å². The summed E-state index contributed by atoms with van der Waals surface area (Å²) in [5, 5.41) is 0.236. The molecule has 26 heavy (non-hydrogen) atoms. The van der Waals surface area contributed by atoms with Crippen LogP contribution in [0.3, 0.4) is 0 Å². The number of hydrogen-bond donors (Lipinski definition) is 0. The van der Waals surface area contributed by atoms with E-state index >= 15 is 0 Å². The molecular formula is C21H29NO3S. The number of benzene rings is 1. The number of thioether (sulfide) groups is 1. The number of nitrogens with zero attached hydrogens (tertiary/aromatic N) is 1. The van der Waals surface area contributed by atoms with Gasteiger partial charge in [-0.05, 0) is 30.5 Å². The summed E-state index contributed by atoms with van der Waals surface area (Å²) in [6, 6.07) is 7.49. The van der Waals surface area contributed by atoms with Crippen LogP contribution in [-0.2, 0) is 9.59 Å². The van der Waals surface area contributed by atoms with Crippen LogP contribution >= 0.6 is 11.8 Å². The van der Waals surface area contributed by atoms with Gasteiger partial charge in [-0.2, -0.15) is 0 Å². The van der Waals surface area contributed by atoms with E-state index in [-0.39, 0.29) is 17.1 Å². The molecule has 0 unspecified atom stereocenters. The largest absolute Gasteiger partial charge is 0.494 e. The summed E-state index contributed by atoms with van der Waals surface area (Å²) >= 11 is 1.47. The number of hydrogen-bond acceptors (Lipinski definition) is 4. The first-order valence-corrected chi connectivity index (χ1v) is 10.4. The number of unbranched alkanes of at least 4 members (excludes halogenated alkanes) is 2. The molecule has 5 heteroatoms. The second kappa shape index (κ2) is 9.81. The van der Waals surface area contributed by atoms with E-state index in [9.17, 15) is 9.59 Å². The van der Waals surface area contributed by atoms with Crippen LogP contribution in [0.5, 0.6) is 5.75 Å². The zero-order valence-corrected chi connectivity index (χ0v) is 17.0. The van der Waals surface area contributed by atoms with Gasteiger partial charge in [-0.15, -0.1) is 11.8 Å². The zero-order valence-electron chi connectivity index (χ0n) is 16.2. The fourth-order valence-electron chi connectivity index (χ4n) is 2.81.